The van der Waals surface area contributed by atoms with Crippen LogP contribution in [0.4, 0.5) is 0 Å². The first kappa shape index (κ1) is 17.8. The Hall–Kier alpha value is -2.56. The van der Waals surface area contributed by atoms with Gasteiger partial charge in [-0.1, -0.05) is 5.21 Å². The molecule has 0 radical (unpaired) electrons. The highest BCUT2D eigenvalue weighted by molar-refractivity contribution is 5.67. The van der Waals surface area contributed by atoms with E-state index in [0.717, 1.165) is 0 Å². The molecule has 2 rings (SSSR count). The van der Waals surface area contributed by atoms with Crippen molar-refractivity contribution in [3.05, 3.63) is 5.82 Å². The molecule has 1 aliphatic rings. The summed E-state index contributed by atoms with van der Waals surface area (Å²) in [6, 6.07) is 0. The minimum atomic E-state index is -0.833. The lowest BCUT2D eigenvalue weighted by atomic mass is 9.97. The molecule has 0 saturated carbocycles. The molecule has 132 valence electrons. The van der Waals surface area contributed by atoms with Gasteiger partial charge in [-0.15, -0.1) is 10.2 Å². The number of nitrogens with zero attached hydrogens (tertiary/aromatic N) is 3. The van der Waals surface area contributed by atoms with Crippen molar-refractivity contribution in [2.24, 2.45) is 0 Å². The third-order valence-electron chi connectivity index (χ3n) is 3.24. The molecule has 1 aliphatic heterocycles. The Bertz CT molecular complexity index is 591. The second-order valence-electron chi connectivity index (χ2n) is 5.20. The lowest BCUT2D eigenvalue weighted by Gasteiger charge is -2.38. The molecular formula is C13H18N4O7. The predicted octanol–water partition coefficient (Wildman–Crippen LogP) is -0.544. The standard InChI is InChI=1S/C13H18N4O7/c1-6(18)21-5-11-9(22-7(2)19)4-10(23-8(3)20)12(24-11)13-14-16-17-15-13/h9-12H,4-5H2,1-3H3,(H,14,15,16,17). The number of tetrazole rings is 1. The average Bonchev–Trinajstić information content (AvgIpc) is 2.99. The van der Waals surface area contributed by atoms with Crippen molar-refractivity contribution in [1.82, 2.24) is 20.6 Å². The van der Waals surface area contributed by atoms with Crippen molar-refractivity contribution in [3.8, 4) is 0 Å². The highest BCUT2D eigenvalue weighted by Gasteiger charge is 2.44. The first-order valence-corrected chi connectivity index (χ1v) is 7.23. The lowest BCUT2D eigenvalue weighted by molar-refractivity contribution is -0.213. The smallest absolute Gasteiger partial charge is 0.303 e. The molecule has 24 heavy (non-hydrogen) atoms. The van der Waals surface area contributed by atoms with Crippen LogP contribution in [-0.4, -0.2) is 63.5 Å². The fourth-order valence-electron chi connectivity index (χ4n) is 2.39. The van der Waals surface area contributed by atoms with Crippen LogP contribution in [0.3, 0.4) is 0 Å². The Balaban J connectivity index is 2.20. The summed E-state index contributed by atoms with van der Waals surface area (Å²) >= 11 is 0. The number of hydrogen-bond acceptors (Lipinski definition) is 10. The van der Waals surface area contributed by atoms with Gasteiger partial charge in [-0.2, -0.15) is 5.21 Å². The summed E-state index contributed by atoms with van der Waals surface area (Å²) in [5.41, 5.74) is 0. The number of esters is 3. The van der Waals surface area contributed by atoms with E-state index in [4.69, 9.17) is 18.9 Å². The zero-order valence-electron chi connectivity index (χ0n) is 13.4. The summed E-state index contributed by atoms with van der Waals surface area (Å²) in [7, 11) is 0. The number of hydrogen-bond donors (Lipinski definition) is 1. The minimum Gasteiger partial charge on any atom is -0.463 e. The van der Waals surface area contributed by atoms with Gasteiger partial charge >= 0.3 is 17.9 Å². The van der Waals surface area contributed by atoms with Gasteiger partial charge in [-0.3, -0.25) is 14.4 Å². The number of ether oxygens (including phenoxy) is 4. The maximum Gasteiger partial charge on any atom is 0.303 e. The number of aromatic nitrogens is 4. The monoisotopic (exact) mass is 342 g/mol. The van der Waals surface area contributed by atoms with E-state index in [1.807, 2.05) is 0 Å². The maximum atomic E-state index is 11.3. The van der Waals surface area contributed by atoms with Gasteiger partial charge in [0.1, 0.15) is 24.9 Å². The van der Waals surface area contributed by atoms with Crippen LogP contribution in [0.25, 0.3) is 0 Å². The molecule has 4 unspecified atom stereocenters. The summed E-state index contributed by atoms with van der Waals surface area (Å²) in [6.07, 6.45) is -2.98. The topological polar surface area (TPSA) is 143 Å². The molecule has 2 heterocycles. The molecule has 0 aliphatic carbocycles. The normalized spacial score (nSPS) is 26.5. The number of carbonyl (C=O) groups excluding carboxylic acids is 3. The van der Waals surface area contributed by atoms with Gasteiger partial charge in [-0.05, 0) is 0 Å². The Kier molecular flexibility index (Phi) is 5.79. The third kappa shape index (κ3) is 4.72. The Morgan fingerprint density at radius 1 is 1.12 bits per heavy atom. The van der Waals surface area contributed by atoms with Crippen molar-refractivity contribution in [1.29, 1.82) is 0 Å². The number of rotatable bonds is 5. The van der Waals surface area contributed by atoms with E-state index in [-0.39, 0.29) is 18.9 Å². The molecule has 4 atom stereocenters. The van der Waals surface area contributed by atoms with Gasteiger partial charge in [-0.25, -0.2) is 0 Å². The maximum absolute atomic E-state index is 11.3. The van der Waals surface area contributed by atoms with E-state index in [1.165, 1.54) is 20.8 Å². The van der Waals surface area contributed by atoms with E-state index < -0.39 is 42.3 Å². The van der Waals surface area contributed by atoms with Crippen LogP contribution in [0.2, 0.25) is 0 Å². The molecule has 1 aromatic rings. The summed E-state index contributed by atoms with van der Waals surface area (Å²) in [4.78, 5) is 33.7. The zero-order chi connectivity index (χ0) is 17.7. The average molecular weight is 342 g/mol. The molecule has 11 nitrogen and oxygen atoms in total. The molecule has 0 aromatic carbocycles. The zero-order valence-corrected chi connectivity index (χ0v) is 13.4. The van der Waals surface area contributed by atoms with Crippen LogP contribution >= 0.6 is 0 Å². The van der Waals surface area contributed by atoms with E-state index >= 15 is 0 Å². The molecule has 0 bridgehead atoms. The number of aromatic amines is 1. The van der Waals surface area contributed by atoms with Crippen LogP contribution in [-0.2, 0) is 33.3 Å². The van der Waals surface area contributed by atoms with Gasteiger partial charge in [0.05, 0.1) is 0 Å². The molecule has 1 fully saturated rings. The minimum absolute atomic E-state index is 0.131. The number of nitrogens with one attached hydrogen (secondary N) is 1. The van der Waals surface area contributed by atoms with Crippen molar-refractivity contribution >= 4 is 17.9 Å². The lowest BCUT2D eigenvalue weighted by Crippen LogP contribution is -2.48. The van der Waals surface area contributed by atoms with E-state index in [0.29, 0.717) is 0 Å². The van der Waals surface area contributed by atoms with Crippen molar-refractivity contribution in [2.75, 3.05) is 6.61 Å². The Morgan fingerprint density at radius 2 is 1.79 bits per heavy atom. The number of carbonyl (C=O) groups is 3. The van der Waals surface area contributed by atoms with Gasteiger partial charge in [0.25, 0.3) is 0 Å². The highest BCUT2D eigenvalue weighted by atomic mass is 16.6. The largest absolute Gasteiger partial charge is 0.463 e. The number of H-pyrrole nitrogens is 1. The van der Waals surface area contributed by atoms with Gasteiger partial charge in [0, 0.05) is 27.2 Å². The van der Waals surface area contributed by atoms with E-state index in [1.54, 1.807) is 0 Å². The van der Waals surface area contributed by atoms with Crippen LogP contribution in [0.15, 0.2) is 0 Å². The SMILES string of the molecule is CC(=O)OCC1OC(c2nn[nH]n2)C(OC(C)=O)CC1OC(C)=O. The molecule has 1 N–H and O–H groups in total. The van der Waals surface area contributed by atoms with E-state index in [9.17, 15) is 14.4 Å². The predicted molar refractivity (Wildman–Crippen MR) is 74.1 cm³/mol. The van der Waals surface area contributed by atoms with E-state index in [2.05, 4.69) is 20.6 Å². The Labute approximate surface area is 137 Å². The van der Waals surface area contributed by atoms with Crippen LogP contribution in [0, 0.1) is 0 Å². The summed E-state index contributed by atoms with van der Waals surface area (Å²) in [6.45, 7) is 3.62. The summed E-state index contributed by atoms with van der Waals surface area (Å²) in [5.74, 6) is -1.39. The van der Waals surface area contributed by atoms with Crippen molar-refractivity contribution in [3.63, 3.8) is 0 Å². The molecule has 1 saturated heterocycles. The van der Waals surface area contributed by atoms with Crippen LogP contribution in [0.5, 0.6) is 0 Å². The van der Waals surface area contributed by atoms with Crippen molar-refractivity contribution in [2.45, 2.75) is 51.6 Å². The quantitative estimate of drug-likeness (QED) is 0.547. The second kappa shape index (κ2) is 7.81. The summed E-state index contributed by atoms with van der Waals surface area (Å²) < 4.78 is 21.2. The van der Waals surface area contributed by atoms with Gasteiger partial charge in [0.2, 0.25) is 5.82 Å². The second-order valence-corrected chi connectivity index (χ2v) is 5.20. The van der Waals surface area contributed by atoms with Crippen LogP contribution in [0.1, 0.15) is 39.1 Å². The highest BCUT2D eigenvalue weighted by Crippen LogP contribution is 2.33. The van der Waals surface area contributed by atoms with Crippen molar-refractivity contribution < 1.29 is 33.3 Å². The third-order valence-corrected chi connectivity index (χ3v) is 3.24. The van der Waals surface area contributed by atoms with Gasteiger partial charge in [0.15, 0.2) is 6.10 Å². The Morgan fingerprint density at radius 3 is 2.33 bits per heavy atom. The first-order chi connectivity index (χ1) is 11.4. The van der Waals surface area contributed by atoms with Crippen LogP contribution < -0.4 is 0 Å². The fraction of sp³-hybridized carbons (Fsp3) is 0.692. The first-order valence-electron chi connectivity index (χ1n) is 7.23. The molecule has 1 aromatic heterocycles. The fourth-order valence-corrected chi connectivity index (χ4v) is 2.39. The van der Waals surface area contributed by atoms with Gasteiger partial charge < -0.3 is 18.9 Å². The molecule has 0 amide bonds. The molecule has 0 spiro atoms. The molecule has 11 heteroatoms. The summed E-state index contributed by atoms with van der Waals surface area (Å²) in [5, 5.41) is 13.4. The molecular weight excluding hydrogens is 324 g/mol.